The van der Waals surface area contributed by atoms with E-state index < -0.39 is 0 Å². The number of fused-ring (bicyclic) bond motifs is 1. The SMILES string of the molecule is CC(=O)N(CC(=O)N1CCc2ccccc21)c1c(Cl)cccc1Cl. The van der Waals surface area contributed by atoms with Crippen LogP contribution >= 0.6 is 23.2 Å². The van der Waals surface area contributed by atoms with Crippen LogP contribution in [0.15, 0.2) is 42.5 Å². The summed E-state index contributed by atoms with van der Waals surface area (Å²) in [6.45, 7) is 1.90. The fourth-order valence-corrected chi connectivity index (χ4v) is 3.51. The molecule has 0 saturated heterocycles. The first-order valence-corrected chi connectivity index (χ1v) is 8.35. The van der Waals surface area contributed by atoms with Crippen LogP contribution in [-0.2, 0) is 16.0 Å². The summed E-state index contributed by atoms with van der Waals surface area (Å²) < 4.78 is 0. The molecule has 6 heteroatoms. The lowest BCUT2D eigenvalue weighted by Crippen LogP contribution is -2.42. The lowest BCUT2D eigenvalue weighted by molar-refractivity contribution is -0.121. The number of nitrogens with zero attached hydrogens (tertiary/aromatic N) is 2. The summed E-state index contributed by atoms with van der Waals surface area (Å²) in [7, 11) is 0. The van der Waals surface area contributed by atoms with Crippen LogP contribution in [0.1, 0.15) is 12.5 Å². The highest BCUT2D eigenvalue weighted by Crippen LogP contribution is 2.34. The van der Waals surface area contributed by atoms with Crippen LogP contribution in [-0.4, -0.2) is 24.9 Å². The Hall–Kier alpha value is -2.04. The van der Waals surface area contributed by atoms with Gasteiger partial charge in [0, 0.05) is 19.2 Å². The summed E-state index contributed by atoms with van der Waals surface area (Å²) in [6, 6.07) is 12.8. The highest BCUT2D eigenvalue weighted by atomic mass is 35.5. The predicted octanol–water partition coefficient (Wildman–Crippen LogP) is 3.94. The van der Waals surface area contributed by atoms with Gasteiger partial charge in [-0.05, 0) is 30.2 Å². The van der Waals surface area contributed by atoms with E-state index in [9.17, 15) is 9.59 Å². The maximum absolute atomic E-state index is 12.8. The van der Waals surface area contributed by atoms with Crippen molar-refractivity contribution in [3.05, 3.63) is 58.1 Å². The number of para-hydroxylation sites is 2. The smallest absolute Gasteiger partial charge is 0.247 e. The predicted molar refractivity (Wildman–Crippen MR) is 97.0 cm³/mol. The van der Waals surface area contributed by atoms with Gasteiger partial charge in [0.25, 0.3) is 0 Å². The van der Waals surface area contributed by atoms with Gasteiger partial charge < -0.3 is 9.80 Å². The highest BCUT2D eigenvalue weighted by Gasteiger charge is 2.28. The first-order chi connectivity index (χ1) is 11.5. The third kappa shape index (κ3) is 3.12. The fourth-order valence-electron chi connectivity index (χ4n) is 2.91. The summed E-state index contributed by atoms with van der Waals surface area (Å²) in [4.78, 5) is 27.9. The molecule has 3 rings (SSSR count). The summed E-state index contributed by atoms with van der Waals surface area (Å²) >= 11 is 12.4. The number of halogens is 2. The minimum absolute atomic E-state index is 0.104. The largest absolute Gasteiger partial charge is 0.310 e. The van der Waals surface area contributed by atoms with Gasteiger partial charge in [0.15, 0.2) is 0 Å². The standard InChI is InChI=1S/C18H16Cl2N2O2/c1-12(23)22(18-14(19)6-4-7-15(18)20)11-17(24)21-10-9-13-5-2-3-8-16(13)21/h2-8H,9-11H2,1H3. The number of benzene rings is 2. The molecule has 124 valence electrons. The molecule has 0 N–H and O–H groups in total. The van der Waals surface area contributed by atoms with E-state index in [1.165, 1.54) is 11.8 Å². The van der Waals surface area contributed by atoms with E-state index in [1.54, 1.807) is 23.1 Å². The van der Waals surface area contributed by atoms with Crippen LogP contribution in [0.4, 0.5) is 11.4 Å². The van der Waals surface area contributed by atoms with Crippen molar-refractivity contribution in [1.82, 2.24) is 0 Å². The van der Waals surface area contributed by atoms with Gasteiger partial charge >= 0.3 is 0 Å². The van der Waals surface area contributed by atoms with Crippen molar-refractivity contribution >= 4 is 46.4 Å². The van der Waals surface area contributed by atoms with Crippen LogP contribution in [0, 0.1) is 0 Å². The van der Waals surface area contributed by atoms with Gasteiger partial charge in [0.05, 0.1) is 15.7 Å². The third-order valence-electron chi connectivity index (χ3n) is 4.07. The van der Waals surface area contributed by atoms with Crippen LogP contribution in [0.2, 0.25) is 10.0 Å². The third-order valence-corrected chi connectivity index (χ3v) is 4.68. The molecule has 0 atom stereocenters. The minimum atomic E-state index is -0.286. The number of anilines is 2. The Kier molecular flexibility index (Phi) is 4.78. The van der Waals surface area contributed by atoms with Crippen molar-refractivity contribution in [2.24, 2.45) is 0 Å². The Bertz CT molecular complexity index is 787. The second kappa shape index (κ2) is 6.83. The Morgan fingerprint density at radius 1 is 1.08 bits per heavy atom. The lowest BCUT2D eigenvalue weighted by atomic mass is 10.2. The van der Waals surface area contributed by atoms with Gasteiger partial charge in [-0.3, -0.25) is 9.59 Å². The first kappa shape index (κ1) is 16.8. The van der Waals surface area contributed by atoms with Crippen molar-refractivity contribution < 1.29 is 9.59 Å². The Balaban J connectivity index is 1.88. The topological polar surface area (TPSA) is 40.6 Å². The molecule has 0 bridgehead atoms. The molecule has 2 amide bonds. The lowest BCUT2D eigenvalue weighted by Gasteiger charge is -2.26. The van der Waals surface area contributed by atoms with E-state index in [4.69, 9.17) is 23.2 Å². The molecule has 1 aliphatic rings. The van der Waals surface area contributed by atoms with Crippen molar-refractivity contribution in [1.29, 1.82) is 0 Å². The first-order valence-electron chi connectivity index (χ1n) is 7.59. The van der Waals surface area contributed by atoms with Crippen LogP contribution in [0.5, 0.6) is 0 Å². The Morgan fingerprint density at radius 2 is 1.75 bits per heavy atom. The normalized spacial score (nSPS) is 12.9. The molecule has 1 heterocycles. The van der Waals surface area contributed by atoms with E-state index in [0.717, 1.165) is 17.7 Å². The number of rotatable bonds is 3. The van der Waals surface area contributed by atoms with Crippen molar-refractivity contribution in [3.63, 3.8) is 0 Å². The molecule has 0 aliphatic carbocycles. The minimum Gasteiger partial charge on any atom is -0.310 e. The van der Waals surface area contributed by atoms with Gasteiger partial charge in [-0.25, -0.2) is 0 Å². The maximum Gasteiger partial charge on any atom is 0.247 e. The fraction of sp³-hybridized carbons (Fsp3) is 0.222. The molecule has 24 heavy (non-hydrogen) atoms. The average Bonchev–Trinajstić information content (AvgIpc) is 2.97. The molecular weight excluding hydrogens is 347 g/mol. The second-order valence-electron chi connectivity index (χ2n) is 5.60. The zero-order valence-electron chi connectivity index (χ0n) is 13.1. The van der Waals surface area contributed by atoms with Gasteiger partial charge in [-0.15, -0.1) is 0 Å². The summed E-state index contributed by atoms with van der Waals surface area (Å²) in [5.74, 6) is -0.447. The quantitative estimate of drug-likeness (QED) is 0.829. The van der Waals surface area contributed by atoms with Crippen molar-refractivity contribution in [3.8, 4) is 0 Å². The molecule has 0 aromatic heterocycles. The number of hydrogen-bond donors (Lipinski definition) is 0. The summed E-state index contributed by atoms with van der Waals surface area (Å²) in [5.41, 5.74) is 2.40. The number of carbonyl (C=O) groups is 2. The van der Waals surface area contributed by atoms with Crippen molar-refractivity contribution in [2.45, 2.75) is 13.3 Å². The van der Waals surface area contributed by atoms with Gasteiger partial charge in [0.2, 0.25) is 11.8 Å². The maximum atomic E-state index is 12.8. The van der Waals surface area contributed by atoms with Crippen LogP contribution in [0.25, 0.3) is 0 Å². The van der Waals surface area contributed by atoms with Gasteiger partial charge in [-0.1, -0.05) is 47.5 Å². The molecule has 4 nitrogen and oxygen atoms in total. The van der Waals surface area contributed by atoms with Crippen LogP contribution in [0.3, 0.4) is 0 Å². The monoisotopic (exact) mass is 362 g/mol. The zero-order chi connectivity index (χ0) is 17.3. The van der Waals surface area contributed by atoms with E-state index >= 15 is 0 Å². The number of carbonyl (C=O) groups excluding carboxylic acids is 2. The molecular formula is C18H16Cl2N2O2. The van der Waals surface area contributed by atoms with E-state index in [2.05, 4.69) is 0 Å². The Labute approximate surface area is 150 Å². The van der Waals surface area contributed by atoms with E-state index in [0.29, 0.717) is 22.3 Å². The summed E-state index contributed by atoms with van der Waals surface area (Å²) in [5, 5.41) is 0.680. The molecule has 0 radical (unpaired) electrons. The molecule has 1 aliphatic heterocycles. The summed E-state index contributed by atoms with van der Waals surface area (Å²) in [6.07, 6.45) is 0.814. The van der Waals surface area contributed by atoms with Crippen LogP contribution < -0.4 is 9.80 Å². The van der Waals surface area contributed by atoms with Crippen molar-refractivity contribution in [2.75, 3.05) is 22.9 Å². The average molecular weight is 363 g/mol. The number of amides is 2. The molecule has 0 saturated carbocycles. The van der Waals surface area contributed by atoms with Gasteiger partial charge in [0.1, 0.15) is 6.54 Å². The highest BCUT2D eigenvalue weighted by molar-refractivity contribution is 6.40. The second-order valence-corrected chi connectivity index (χ2v) is 6.41. The number of hydrogen-bond acceptors (Lipinski definition) is 2. The van der Waals surface area contributed by atoms with Gasteiger partial charge in [-0.2, -0.15) is 0 Å². The molecule has 0 spiro atoms. The molecule has 2 aromatic rings. The molecule has 0 fully saturated rings. The van der Waals surface area contributed by atoms with E-state index in [-0.39, 0.29) is 18.4 Å². The Morgan fingerprint density at radius 3 is 2.42 bits per heavy atom. The zero-order valence-corrected chi connectivity index (χ0v) is 14.6. The van der Waals surface area contributed by atoms with E-state index in [1.807, 2.05) is 24.3 Å². The molecule has 2 aromatic carbocycles. The molecule has 0 unspecified atom stereocenters.